The van der Waals surface area contributed by atoms with Crippen LogP contribution in [-0.2, 0) is 4.79 Å². The number of hydrogen-bond acceptors (Lipinski definition) is 3. The molecule has 140 valence electrons. The van der Waals surface area contributed by atoms with Crippen molar-refractivity contribution in [1.82, 2.24) is 5.32 Å². The lowest BCUT2D eigenvalue weighted by molar-refractivity contribution is -0.123. The highest BCUT2D eigenvalue weighted by Gasteiger charge is 2.11. The molecule has 0 aliphatic carbocycles. The topological polar surface area (TPSA) is 47.6 Å². The molecule has 0 aromatic heterocycles. The van der Waals surface area contributed by atoms with Crippen molar-refractivity contribution in [3.8, 4) is 11.5 Å². The van der Waals surface area contributed by atoms with E-state index in [1.54, 1.807) is 0 Å². The van der Waals surface area contributed by atoms with Gasteiger partial charge in [0.15, 0.2) is 6.61 Å². The highest BCUT2D eigenvalue weighted by atomic mass is 79.9. The standard InChI is InChI=1S/C21H26BrNO3/c1-14(2)17-9-10-20(18(22)11-17)26-13-21(24)23-16(4)12-25-19-8-6-5-7-15(19)3/h5-11,14,16H,12-13H2,1-4H3,(H,23,24)/t16-/m1/s1. The molecule has 0 saturated heterocycles. The minimum Gasteiger partial charge on any atom is -0.491 e. The van der Waals surface area contributed by atoms with Crippen molar-refractivity contribution in [3.63, 3.8) is 0 Å². The number of aryl methyl sites for hydroxylation is 1. The number of rotatable bonds is 8. The van der Waals surface area contributed by atoms with E-state index in [4.69, 9.17) is 9.47 Å². The van der Waals surface area contributed by atoms with Gasteiger partial charge in [0.2, 0.25) is 0 Å². The smallest absolute Gasteiger partial charge is 0.258 e. The average Bonchev–Trinajstić information content (AvgIpc) is 2.59. The second-order valence-corrected chi connectivity index (χ2v) is 7.53. The summed E-state index contributed by atoms with van der Waals surface area (Å²) in [6, 6.07) is 13.6. The Labute approximate surface area is 164 Å². The minimum absolute atomic E-state index is 0.0334. The van der Waals surface area contributed by atoms with Crippen molar-refractivity contribution in [2.45, 2.75) is 39.7 Å². The van der Waals surface area contributed by atoms with Crippen molar-refractivity contribution >= 4 is 21.8 Å². The van der Waals surface area contributed by atoms with E-state index in [1.807, 2.05) is 56.3 Å². The molecule has 1 atom stereocenters. The Kier molecular flexibility index (Phi) is 7.51. The van der Waals surface area contributed by atoms with E-state index in [2.05, 4.69) is 35.1 Å². The fourth-order valence-electron chi connectivity index (χ4n) is 2.43. The van der Waals surface area contributed by atoms with Gasteiger partial charge in [-0.2, -0.15) is 0 Å². The maximum absolute atomic E-state index is 12.1. The van der Waals surface area contributed by atoms with Crippen LogP contribution in [-0.4, -0.2) is 25.2 Å². The first kappa shape index (κ1) is 20.3. The number of halogens is 1. The van der Waals surface area contributed by atoms with Gasteiger partial charge in [0.05, 0.1) is 10.5 Å². The molecule has 2 aromatic carbocycles. The molecular formula is C21H26BrNO3. The molecule has 0 aliphatic heterocycles. The van der Waals surface area contributed by atoms with E-state index in [0.29, 0.717) is 18.3 Å². The van der Waals surface area contributed by atoms with Crippen molar-refractivity contribution in [3.05, 3.63) is 58.1 Å². The molecule has 0 saturated carbocycles. The quantitative estimate of drug-likeness (QED) is 0.665. The minimum atomic E-state index is -0.175. The molecule has 1 amide bonds. The van der Waals surface area contributed by atoms with E-state index >= 15 is 0 Å². The Hall–Kier alpha value is -2.01. The number of ether oxygens (including phenoxy) is 2. The number of amides is 1. The monoisotopic (exact) mass is 419 g/mol. The summed E-state index contributed by atoms with van der Waals surface area (Å²) in [5.41, 5.74) is 2.29. The number of benzene rings is 2. The molecule has 1 N–H and O–H groups in total. The van der Waals surface area contributed by atoms with Crippen LogP contribution in [0.15, 0.2) is 46.9 Å². The van der Waals surface area contributed by atoms with E-state index < -0.39 is 0 Å². The second-order valence-electron chi connectivity index (χ2n) is 6.68. The first-order valence-electron chi connectivity index (χ1n) is 8.77. The molecule has 0 radical (unpaired) electrons. The summed E-state index contributed by atoms with van der Waals surface area (Å²) < 4.78 is 12.2. The van der Waals surface area contributed by atoms with Crippen LogP contribution in [0.4, 0.5) is 0 Å². The van der Waals surface area contributed by atoms with Crippen LogP contribution in [0, 0.1) is 6.92 Å². The van der Waals surface area contributed by atoms with Gasteiger partial charge in [-0.3, -0.25) is 4.79 Å². The molecule has 0 heterocycles. The average molecular weight is 420 g/mol. The van der Waals surface area contributed by atoms with Crippen LogP contribution < -0.4 is 14.8 Å². The molecular weight excluding hydrogens is 394 g/mol. The third-order valence-corrected chi connectivity index (χ3v) is 4.59. The van der Waals surface area contributed by atoms with Crippen LogP contribution in [0.5, 0.6) is 11.5 Å². The molecule has 4 nitrogen and oxygen atoms in total. The Morgan fingerprint density at radius 1 is 1.08 bits per heavy atom. The van der Waals surface area contributed by atoms with Crippen LogP contribution >= 0.6 is 15.9 Å². The van der Waals surface area contributed by atoms with E-state index in [1.165, 1.54) is 5.56 Å². The Morgan fingerprint density at radius 3 is 2.46 bits per heavy atom. The van der Waals surface area contributed by atoms with Crippen molar-refractivity contribution in [1.29, 1.82) is 0 Å². The fraction of sp³-hybridized carbons (Fsp3) is 0.381. The van der Waals surface area contributed by atoms with Gasteiger partial charge in [0.25, 0.3) is 5.91 Å². The van der Waals surface area contributed by atoms with Crippen LogP contribution in [0.2, 0.25) is 0 Å². The summed E-state index contributed by atoms with van der Waals surface area (Å²) in [5.74, 6) is 1.76. The van der Waals surface area contributed by atoms with Gasteiger partial charge >= 0.3 is 0 Å². The summed E-state index contributed by atoms with van der Waals surface area (Å²) in [7, 11) is 0. The van der Waals surface area contributed by atoms with Crippen LogP contribution in [0.3, 0.4) is 0 Å². The van der Waals surface area contributed by atoms with Crippen molar-refractivity contribution < 1.29 is 14.3 Å². The predicted octanol–water partition coefficient (Wildman–Crippen LogP) is 4.84. The lowest BCUT2D eigenvalue weighted by Crippen LogP contribution is -2.39. The predicted molar refractivity (Wildman–Crippen MR) is 108 cm³/mol. The van der Waals surface area contributed by atoms with Gasteiger partial charge in [-0.25, -0.2) is 0 Å². The van der Waals surface area contributed by atoms with E-state index in [9.17, 15) is 4.79 Å². The normalized spacial score (nSPS) is 11.9. The number of carbonyl (C=O) groups excluding carboxylic acids is 1. The third-order valence-electron chi connectivity index (χ3n) is 3.97. The first-order chi connectivity index (χ1) is 12.4. The highest BCUT2D eigenvalue weighted by Crippen LogP contribution is 2.28. The molecule has 0 unspecified atom stereocenters. The molecule has 5 heteroatoms. The van der Waals surface area contributed by atoms with E-state index in [-0.39, 0.29) is 18.6 Å². The molecule has 0 bridgehead atoms. The van der Waals surface area contributed by atoms with Crippen LogP contribution in [0.1, 0.15) is 37.8 Å². The summed E-state index contributed by atoms with van der Waals surface area (Å²) in [6.45, 7) is 8.54. The molecule has 26 heavy (non-hydrogen) atoms. The molecule has 0 fully saturated rings. The van der Waals surface area contributed by atoms with Gasteiger partial charge in [0.1, 0.15) is 18.1 Å². The zero-order chi connectivity index (χ0) is 19.1. The Bertz CT molecular complexity index is 746. The lowest BCUT2D eigenvalue weighted by Gasteiger charge is -2.17. The van der Waals surface area contributed by atoms with Gasteiger partial charge < -0.3 is 14.8 Å². The van der Waals surface area contributed by atoms with Crippen molar-refractivity contribution in [2.24, 2.45) is 0 Å². The SMILES string of the molecule is Cc1ccccc1OC[C@@H](C)NC(=O)COc1ccc(C(C)C)cc1Br. The third kappa shape index (κ3) is 6.06. The number of carbonyl (C=O) groups is 1. The van der Waals surface area contributed by atoms with Gasteiger partial charge in [0, 0.05) is 0 Å². The Balaban J connectivity index is 1.78. The molecule has 2 rings (SSSR count). The number of hydrogen-bond donors (Lipinski definition) is 1. The van der Waals surface area contributed by atoms with Gasteiger partial charge in [-0.15, -0.1) is 0 Å². The summed E-state index contributed by atoms with van der Waals surface area (Å²) in [6.07, 6.45) is 0. The number of para-hydroxylation sites is 1. The molecule has 2 aromatic rings. The molecule has 0 aliphatic rings. The largest absolute Gasteiger partial charge is 0.491 e. The highest BCUT2D eigenvalue weighted by molar-refractivity contribution is 9.10. The second kappa shape index (κ2) is 9.62. The molecule has 0 spiro atoms. The summed E-state index contributed by atoms with van der Waals surface area (Å²) in [4.78, 5) is 12.1. The maximum atomic E-state index is 12.1. The Morgan fingerprint density at radius 2 is 1.81 bits per heavy atom. The zero-order valence-electron chi connectivity index (χ0n) is 15.7. The van der Waals surface area contributed by atoms with Gasteiger partial charge in [-0.1, -0.05) is 38.1 Å². The summed E-state index contributed by atoms with van der Waals surface area (Å²) >= 11 is 3.50. The summed E-state index contributed by atoms with van der Waals surface area (Å²) in [5, 5.41) is 2.88. The zero-order valence-corrected chi connectivity index (χ0v) is 17.3. The maximum Gasteiger partial charge on any atom is 0.258 e. The van der Waals surface area contributed by atoms with Crippen molar-refractivity contribution in [2.75, 3.05) is 13.2 Å². The van der Waals surface area contributed by atoms with Crippen LogP contribution in [0.25, 0.3) is 0 Å². The lowest BCUT2D eigenvalue weighted by atomic mass is 10.0. The first-order valence-corrected chi connectivity index (χ1v) is 9.56. The van der Waals surface area contributed by atoms with Gasteiger partial charge in [-0.05, 0) is 65.0 Å². The number of nitrogens with one attached hydrogen (secondary N) is 1. The fourth-order valence-corrected chi connectivity index (χ4v) is 2.94. The van der Waals surface area contributed by atoms with E-state index in [0.717, 1.165) is 15.8 Å².